The molecule has 5 nitrogen and oxygen atoms in total. The SMILES string of the molecule is CCOC(=O)c1nc2ccccc2nc1Nc1ccccc1F. The number of fused-ring (bicyclic) bond motifs is 1. The number of anilines is 2. The van der Waals surface area contributed by atoms with Gasteiger partial charge < -0.3 is 10.1 Å². The van der Waals surface area contributed by atoms with E-state index in [2.05, 4.69) is 15.3 Å². The van der Waals surface area contributed by atoms with Crippen LogP contribution in [0.1, 0.15) is 17.4 Å². The van der Waals surface area contributed by atoms with Gasteiger partial charge in [0.25, 0.3) is 0 Å². The molecule has 0 spiro atoms. The first kappa shape index (κ1) is 14.9. The Morgan fingerprint density at radius 2 is 1.74 bits per heavy atom. The fourth-order valence-corrected chi connectivity index (χ4v) is 2.12. The molecule has 0 amide bonds. The maximum atomic E-state index is 13.8. The zero-order chi connectivity index (χ0) is 16.2. The number of para-hydroxylation sites is 3. The number of rotatable bonds is 4. The molecule has 0 atom stereocenters. The molecule has 1 heterocycles. The molecule has 0 saturated carbocycles. The Labute approximate surface area is 132 Å². The van der Waals surface area contributed by atoms with Crippen LogP contribution in [0.3, 0.4) is 0 Å². The number of hydrogen-bond donors (Lipinski definition) is 1. The predicted octanol–water partition coefficient (Wildman–Crippen LogP) is 3.69. The monoisotopic (exact) mass is 311 g/mol. The van der Waals surface area contributed by atoms with Crippen molar-refractivity contribution in [3.05, 3.63) is 60.0 Å². The van der Waals surface area contributed by atoms with Gasteiger partial charge in [-0.05, 0) is 31.2 Å². The lowest BCUT2D eigenvalue weighted by Gasteiger charge is -2.11. The molecule has 0 radical (unpaired) electrons. The zero-order valence-electron chi connectivity index (χ0n) is 12.4. The summed E-state index contributed by atoms with van der Waals surface area (Å²) in [6, 6.07) is 13.3. The molecule has 0 aliphatic rings. The lowest BCUT2D eigenvalue weighted by molar-refractivity contribution is 0.0521. The quantitative estimate of drug-likeness (QED) is 0.744. The van der Waals surface area contributed by atoms with E-state index in [4.69, 9.17) is 4.74 Å². The third-order valence-corrected chi connectivity index (χ3v) is 3.17. The van der Waals surface area contributed by atoms with Gasteiger partial charge in [-0.15, -0.1) is 0 Å². The van der Waals surface area contributed by atoms with Crippen molar-refractivity contribution in [1.29, 1.82) is 0 Å². The van der Waals surface area contributed by atoms with Crippen LogP contribution in [0.4, 0.5) is 15.9 Å². The predicted molar refractivity (Wildman–Crippen MR) is 85.2 cm³/mol. The molecule has 3 aromatic rings. The molecule has 0 aliphatic carbocycles. The number of carbonyl (C=O) groups is 1. The summed E-state index contributed by atoms with van der Waals surface area (Å²) in [6.45, 7) is 1.92. The van der Waals surface area contributed by atoms with Gasteiger partial charge in [0.2, 0.25) is 0 Å². The van der Waals surface area contributed by atoms with E-state index in [1.165, 1.54) is 6.07 Å². The van der Waals surface area contributed by atoms with E-state index in [0.717, 1.165) is 0 Å². The van der Waals surface area contributed by atoms with Crippen molar-refractivity contribution in [2.75, 3.05) is 11.9 Å². The Balaban J connectivity index is 2.11. The summed E-state index contributed by atoms with van der Waals surface area (Å²) < 4.78 is 18.9. The molecule has 1 aromatic heterocycles. The average molecular weight is 311 g/mol. The van der Waals surface area contributed by atoms with Gasteiger partial charge in [-0.1, -0.05) is 24.3 Å². The van der Waals surface area contributed by atoms with Crippen molar-refractivity contribution in [3.8, 4) is 0 Å². The number of esters is 1. The van der Waals surface area contributed by atoms with Gasteiger partial charge in [0, 0.05) is 0 Å². The minimum atomic E-state index is -0.607. The van der Waals surface area contributed by atoms with Crippen LogP contribution in [0.15, 0.2) is 48.5 Å². The maximum Gasteiger partial charge on any atom is 0.360 e. The first-order chi connectivity index (χ1) is 11.2. The molecular weight excluding hydrogens is 297 g/mol. The molecule has 23 heavy (non-hydrogen) atoms. The van der Waals surface area contributed by atoms with Crippen LogP contribution in [-0.4, -0.2) is 22.5 Å². The molecule has 0 saturated heterocycles. The van der Waals surface area contributed by atoms with E-state index in [9.17, 15) is 9.18 Å². The minimum Gasteiger partial charge on any atom is -0.461 e. The van der Waals surface area contributed by atoms with Gasteiger partial charge in [-0.2, -0.15) is 0 Å². The molecule has 3 rings (SSSR count). The van der Waals surface area contributed by atoms with Crippen LogP contribution in [0.5, 0.6) is 0 Å². The second-order valence-corrected chi connectivity index (χ2v) is 4.73. The van der Waals surface area contributed by atoms with Gasteiger partial charge >= 0.3 is 5.97 Å². The summed E-state index contributed by atoms with van der Waals surface area (Å²) >= 11 is 0. The Hall–Kier alpha value is -3.02. The summed E-state index contributed by atoms with van der Waals surface area (Å²) in [6.07, 6.45) is 0. The maximum absolute atomic E-state index is 13.8. The van der Waals surface area contributed by atoms with Gasteiger partial charge in [0.1, 0.15) is 5.82 Å². The lowest BCUT2D eigenvalue weighted by Crippen LogP contribution is -2.12. The number of benzene rings is 2. The Morgan fingerprint density at radius 1 is 1.09 bits per heavy atom. The number of carbonyl (C=O) groups excluding carboxylic acids is 1. The highest BCUT2D eigenvalue weighted by Crippen LogP contribution is 2.23. The Morgan fingerprint density at radius 3 is 2.43 bits per heavy atom. The van der Waals surface area contributed by atoms with E-state index in [0.29, 0.717) is 11.0 Å². The molecular formula is C17H14FN3O2. The highest BCUT2D eigenvalue weighted by molar-refractivity contribution is 5.96. The third-order valence-electron chi connectivity index (χ3n) is 3.17. The van der Waals surface area contributed by atoms with Crippen molar-refractivity contribution in [2.24, 2.45) is 0 Å². The highest BCUT2D eigenvalue weighted by Gasteiger charge is 2.18. The summed E-state index contributed by atoms with van der Waals surface area (Å²) in [4.78, 5) is 20.8. The molecule has 6 heteroatoms. The zero-order valence-corrected chi connectivity index (χ0v) is 12.4. The van der Waals surface area contributed by atoms with E-state index in [1.807, 2.05) is 6.07 Å². The topological polar surface area (TPSA) is 64.1 Å². The standard InChI is InChI=1S/C17H14FN3O2/c1-2-23-17(22)15-16(20-12-8-4-3-7-11(12)18)21-14-10-6-5-9-13(14)19-15/h3-10H,2H2,1H3,(H,20,21). The smallest absolute Gasteiger partial charge is 0.360 e. The number of hydrogen-bond acceptors (Lipinski definition) is 5. The van der Waals surface area contributed by atoms with Gasteiger partial charge in [0.05, 0.1) is 23.3 Å². The van der Waals surface area contributed by atoms with E-state index in [-0.39, 0.29) is 23.8 Å². The summed E-state index contributed by atoms with van der Waals surface area (Å²) in [5.74, 6) is -0.894. The number of ether oxygens (including phenoxy) is 1. The van der Waals surface area contributed by atoms with Crippen LogP contribution >= 0.6 is 0 Å². The number of halogens is 1. The van der Waals surface area contributed by atoms with Crippen molar-refractivity contribution in [2.45, 2.75) is 6.92 Å². The second-order valence-electron chi connectivity index (χ2n) is 4.73. The van der Waals surface area contributed by atoms with Crippen molar-refractivity contribution >= 4 is 28.5 Å². The summed E-state index contributed by atoms with van der Waals surface area (Å²) in [5.41, 5.74) is 1.39. The highest BCUT2D eigenvalue weighted by atomic mass is 19.1. The second kappa shape index (κ2) is 6.39. The van der Waals surface area contributed by atoms with Crippen LogP contribution in [0.2, 0.25) is 0 Å². The van der Waals surface area contributed by atoms with Crippen molar-refractivity contribution in [3.63, 3.8) is 0 Å². The lowest BCUT2D eigenvalue weighted by atomic mass is 10.2. The minimum absolute atomic E-state index is 0.0220. The fraction of sp³-hybridized carbons (Fsp3) is 0.118. The van der Waals surface area contributed by atoms with Crippen LogP contribution in [-0.2, 0) is 4.74 Å². The van der Waals surface area contributed by atoms with Gasteiger partial charge in [-0.25, -0.2) is 19.2 Å². The molecule has 0 unspecified atom stereocenters. The molecule has 0 aliphatic heterocycles. The molecule has 116 valence electrons. The van der Waals surface area contributed by atoms with E-state index in [1.54, 1.807) is 43.3 Å². The summed E-state index contributed by atoms with van der Waals surface area (Å²) in [7, 11) is 0. The Bertz CT molecular complexity index is 867. The largest absolute Gasteiger partial charge is 0.461 e. The number of aromatic nitrogens is 2. The third kappa shape index (κ3) is 3.11. The number of nitrogens with one attached hydrogen (secondary N) is 1. The van der Waals surface area contributed by atoms with E-state index >= 15 is 0 Å². The van der Waals surface area contributed by atoms with Crippen LogP contribution in [0.25, 0.3) is 11.0 Å². The molecule has 1 N–H and O–H groups in total. The molecule has 0 fully saturated rings. The van der Waals surface area contributed by atoms with E-state index < -0.39 is 11.8 Å². The van der Waals surface area contributed by atoms with Crippen molar-refractivity contribution < 1.29 is 13.9 Å². The average Bonchev–Trinajstić information content (AvgIpc) is 2.56. The number of nitrogens with zero attached hydrogens (tertiary/aromatic N) is 2. The van der Waals surface area contributed by atoms with Gasteiger partial charge in [-0.3, -0.25) is 0 Å². The Kier molecular flexibility index (Phi) is 4.14. The van der Waals surface area contributed by atoms with Crippen molar-refractivity contribution in [1.82, 2.24) is 9.97 Å². The molecule has 0 bridgehead atoms. The summed E-state index contributed by atoms with van der Waals surface area (Å²) in [5, 5.41) is 2.82. The van der Waals surface area contributed by atoms with Gasteiger partial charge in [0.15, 0.2) is 11.5 Å². The normalized spacial score (nSPS) is 10.5. The van der Waals surface area contributed by atoms with Crippen LogP contribution in [0, 0.1) is 5.82 Å². The van der Waals surface area contributed by atoms with Crippen LogP contribution < -0.4 is 5.32 Å². The molecule has 2 aromatic carbocycles. The fourth-order valence-electron chi connectivity index (χ4n) is 2.12. The first-order valence-electron chi connectivity index (χ1n) is 7.14. The first-order valence-corrected chi connectivity index (χ1v) is 7.14.